The maximum absolute atomic E-state index is 13.5. The predicted molar refractivity (Wildman–Crippen MR) is 169 cm³/mol. The van der Waals surface area contributed by atoms with Crippen LogP contribution < -0.4 is 14.8 Å². The molecule has 250 valence electrons. The van der Waals surface area contributed by atoms with E-state index >= 15 is 0 Å². The Balaban J connectivity index is 1.61. The summed E-state index contributed by atoms with van der Waals surface area (Å²) in [6.45, 7) is 4.22. The molecular weight excluding hydrogens is 655 g/mol. The second-order valence-electron chi connectivity index (χ2n) is 11.0. The molecule has 0 spiro atoms. The van der Waals surface area contributed by atoms with Gasteiger partial charge in [0, 0.05) is 12.3 Å². The number of carbonyl (C=O) groups is 4. The van der Waals surface area contributed by atoms with Gasteiger partial charge in [0.25, 0.3) is 0 Å². The van der Waals surface area contributed by atoms with Gasteiger partial charge in [-0.05, 0) is 31.0 Å². The Kier molecular flexibility index (Phi) is 12.2. The van der Waals surface area contributed by atoms with E-state index in [-0.39, 0.29) is 39.2 Å². The second-order valence-corrected chi connectivity index (χ2v) is 11.8. The van der Waals surface area contributed by atoms with Gasteiger partial charge >= 0.3 is 23.9 Å². The van der Waals surface area contributed by atoms with Crippen LogP contribution in [0.5, 0.6) is 11.5 Å². The van der Waals surface area contributed by atoms with Crippen LogP contribution in [0, 0.1) is 11.8 Å². The van der Waals surface area contributed by atoms with E-state index in [1.54, 1.807) is 32.0 Å². The number of hydrogen-bond acceptors (Lipinski definition) is 12. The molecule has 1 unspecified atom stereocenters. The highest BCUT2D eigenvalue weighted by molar-refractivity contribution is 6.39. The Morgan fingerprint density at radius 2 is 1.72 bits per heavy atom. The van der Waals surface area contributed by atoms with Crippen LogP contribution >= 0.6 is 23.2 Å². The second kappa shape index (κ2) is 16.1. The van der Waals surface area contributed by atoms with Crippen LogP contribution in [0.4, 0.5) is 0 Å². The summed E-state index contributed by atoms with van der Waals surface area (Å²) < 4.78 is 27.8. The van der Waals surface area contributed by atoms with Crippen LogP contribution in [-0.4, -0.2) is 65.9 Å². The molecule has 1 aliphatic heterocycles. The fourth-order valence-electron chi connectivity index (χ4n) is 4.78. The van der Waals surface area contributed by atoms with Crippen LogP contribution in [0.3, 0.4) is 0 Å². The number of benzene rings is 2. The number of hydrogen-bond donors (Lipinski definition) is 2. The van der Waals surface area contributed by atoms with Gasteiger partial charge in [0.2, 0.25) is 0 Å². The molecule has 47 heavy (non-hydrogen) atoms. The van der Waals surface area contributed by atoms with E-state index in [1.165, 1.54) is 38.4 Å². The molecule has 0 radical (unpaired) electrons. The Hall–Kier alpha value is -4.23. The number of aliphatic hydroxyl groups excluding tert-OH is 1. The minimum absolute atomic E-state index is 0.0167. The SMILES string of the molecule is COc1ccnc(C(O)N[C@H]2COC(=O)[C@H](Cc3ccccc3)[C@@H](OC(=O)C(C)C)[C@H](C)OC2=O)c1OC(=O)c1c(Cl)cccc1Cl. The summed E-state index contributed by atoms with van der Waals surface area (Å²) >= 11 is 12.3. The van der Waals surface area contributed by atoms with Crippen molar-refractivity contribution in [3.63, 3.8) is 0 Å². The minimum Gasteiger partial charge on any atom is -0.493 e. The molecule has 14 heteroatoms. The van der Waals surface area contributed by atoms with Crippen LogP contribution in [0.1, 0.15) is 48.6 Å². The first kappa shape index (κ1) is 35.6. The summed E-state index contributed by atoms with van der Waals surface area (Å²) in [5.74, 6) is -5.02. The van der Waals surface area contributed by atoms with Crippen molar-refractivity contribution in [1.82, 2.24) is 10.3 Å². The number of rotatable bonds is 10. The smallest absolute Gasteiger partial charge is 0.346 e. The van der Waals surface area contributed by atoms with E-state index < -0.39 is 66.8 Å². The summed E-state index contributed by atoms with van der Waals surface area (Å²) in [6.07, 6.45) is -2.62. The molecular formula is C33H34Cl2N2O10. The van der Waals surface area contributed by atoms with E-state index in [9.17, 15) is 24.3 Å². The Morgan fingerprint density at radius 1 is 1.04 bits per heavy atom. The lowest BCUT2D eigenvalue weighted by atomic mass is 9.91. The fraction of sp³-hybridized carbons (Fsp3) is 0.364. The zero-order valence-corrected chi connectivity index (χ0v) is 27.5. The molecule has 5 atom stereocenters. The quantitative estimate of drug-likeness (QED) is 0.175. The van der Waals surface area contributed by atoms with E-state index in [4.69, 9.17) is 46.9 Å². The Bertz CT molecular complexity index is 1580. The largest absolute Gasteiger partial charge is 0.493 e. The van der Waals surface area contributed by atoms with Crippen LogP contribution in [0.15, 0.2) is 60.8 Å². The van der Waals surface area contributed by atoms with Crippen molar-refractivity contribution in [3.05, 3.63) is 87.7 Å². The summed E-state index contributed by atoms with van der Waals surface area (Å²) in [6, 6.07) is 13.5. The zero-order chi connectivity index (χ0) is 34.2. The number of esters is 4. The van der Waals surface area contributed by atoms with Crippen molar-refractivity contribution < 1.29 is 48.0 Å². The zero-order valence-electron chi connectivity index (χ0n) is 26.0. The number of halogens is 2. The minimum atomic E-state index is -1.78. The van der Waals surface area contributed by atoms with E-state index in [0.29, 0.717) is 0 Å². The van der Waals surface area contributed by atoms with Crippen molar-refractivity contribution in [1.29, 1.82) is 0 Å². The van der Waals surface area contributed by atoms with Crippen molar-refractivity contribution in [2.24, 2.45) is 11.8 Å². The molecule has 1 aromatic heterocycles. The molecule has 0 saturated carbocycles. The first-order valence-corrected chi connectivity index (χ1v) is 15.4. The summed E-state index contributed by atoms with van der Waals surface area (Å²) in [5, 5.41) is 13.9. The summed E-state index contributed by atoms with van der Waals surface area (Å²) in [5.41, 5.74) is 0.388. The highest BCUT2D eigenvalue weighted by Crippen LogP contribution is 2.35. The van der Waals surface area contributed by atoms with E-state index in [1.807, 2.05) is 18.2 Å². The number of nitrogens with zero attached hydrogens (tertiary/aromatic N) is 1. The molecule has 12 nitrogen and oxygen atoms in total. The molecule has 1 aliphatic rings. The lowest BCUT2D eigenvalue weighted by Gasteiger charge is -2.29. The molecule has 2 heterocycles. The average molecular weight is 690 g/mol. The number of carbonyl (C=O) groups excluding carboxylic acids is 4. The lowest BCUT2D eigenvalue weighted by Crippen LogP contribution is -2.46. The highest BCUT2D eigenvalue weighted by atomic mass is 35.5. The predicted octanol–water partition coefficient (Wildman–Crippen LogP) is 4.48. The third-order valence-electron chi connectivity index (χ3n) is 7.26. The van der Waals surface area contributed by atoms with E-state index in [2.05, 4.69) is 10.3 Å². The summed E-state index contributed by atoms with van der Waals surface area (Å²) in [4.78, 5) is 56.8. The van der Waals surface area contributed by atoms with E-state index in [0.717, 1.165) is 5.56 Å². The maximum Gasteiger partial charge on any atom is 0.346 e. The van der Waals surface area contributed by atoms with Crippen LogP contribution in [-0.2, 0) is 35.0 Å². The van der Waals surface area contributed by atoms with Crippen LogP contribution in [0.2, 0.25) is 10.0 Å². The third kappa shape index (κ3) is 8.77. The van der Waals surface area contributed by atoms with Gasteiger partial charge in [-0.25, -0.2) is 4.79 Å². The van der Waals surface area contributed by atoms with Crippen molar-refractivity contribution in [2.45, 2.75) is 51.7 Å². The van der Waals surface area contributed by atoms with Gasteiger partial charge in [-0.2, -0.15) is 0 Å². The van der Waals surface area contributed by atoms with Gasteiger partial charge in [-0.1, -0.05) is 73.4 Å². The van der Waals surface area contributed by atoms with Gasteiger partial charge in [-0.3, -0.25) is 24.7 Å². The maximum atomic E-state index is 13.5. The van der Waals surface area contributed by atoms with Gasteiger partial charge in [0.1, 0.15) is 30.4 Å². The number of cyclic esters (lactones) is 2. The molecule has 2 aromatic carbocycles. The Morgan fingerprint density at radius 3 is 2.36 bits per heavy atom. The van der Waals surface area contributed by atoms with Gasteiger partial charge in [0.15, 0.2) is 23.8 Å². The van der Waals surface area contributed by atoms with Gasteiger partial charge in [-0.15, -0.1) is 0 Å². The molecule has 0 amide bonds. The third-order valence-corrected chi connectivity index (χ3v) is 7.89. The standard InChI is InChI=1S/C33H34Cl2N2O10/c1-17(2)30(39)46-27-18(3)45-32(41)23(16-44-31(40)20(27)15-19-9-6-5-7-10-19)37-29(38)26-28(24(43-4)13-14-36-26)47-33(42)25-21(34)11-8-12-22(25)35/h5-14,17-18,20,23,27,29,37-38H,15-16H2,1-4H3/t18-,20+,23-,27-,29?/m0/s1. The van der Waals surface area contributed by atoms with Crippen molar-refractivity contribution in [2.75, 3.05) is 13.7 Å². The summed E-state index contributed by atoms with van der Waals surface area (Å²) in [7, 11) is 1.31. The molecule has 1 fully saturated rings. The first-order valence-electron chi connectivity index (χ1n) is 14.7. The highest BCUT2D eigenvalue weighted by Gasteiger charge is 2.42. The van der Waals surface area contributed by atoms with Gasteiger partial charge < -0.3 is 28.8 Å². The number of nitrogens with one attached hydrogen (secondary N) is 1. The molecule has 2 N–H and O–H groups in total. The first-order chi connectivity index (χ1) is 22.4. The molecule has 4 rings (SSSR count). The lowest BCUT2D eigenvalue weighted by molar-refractivity contribution is -0.176. The molecule has 3 aromatic rings. The average Bonchev–Trinajstić information content (AvgIpc) is 3.07. The number of ether oxygens (including phenoxy) is 5. The number of aliphatic hydroxyl groups is 1. The fourth-order valence-corrected chi connectivity index (χ4v) is 5.33. The monoisotopic (exact) mass is 688 g/mol. The van der Waals surface area contributed by atoms with Gasteiger partial charge in [0.05, 0.1) is 28.6 Å². The van der Waals surface area contributed by atoms with Crippen molar-refractivity contribution >= 4 is 47.1 Å². The number of aromatic nitrogens is 1. The topological polar surface area (TPSA) is 160 Å². The van der Waals surface area contributed by atoms with Crippen molar-refractivity contribution in [3.8, 4) is 11.5 Å². The normalized spacial score (nSPS) is 20.6. The molecule has 1 saturated heterocycles. The molecule has 0 bridgehead atoms. The van der Waals surface area contributed by atoms with Crippen LogP contribution in [0.25, 0.3) is 0 Å². The molecule has 0 aliphatic carbocycles. The number of methoxy groups -OCH3 is 1. The Labute approximate surface area is 281 Å². The number of pyridine rings is 1.